The van der Waals surface area contributed by atoms with Gasteiger partial charge in [0.15, 0.2) is 0 Å². The Morgan fingerprint density at radius 2 is 1.41 bits per heavy atom. The largest absolute Gasteiger partial charge is 0.198 e. The fraction of sp³-hybridized carbons (Fsp3) is 0.600. The summed E-state index contributed by atoms with van der Waals surface area (Å²) in [6.45, 7) is 3.77. The van der Waals surface area contributed by atoms with Crippen LogP contribution in [-0.2, 0) is 0 Å². The van der Waals surface area contributed by atoms with Crippen molar-refractivity contribution in [3.63, 3.8) is 0 Å². The molecule has 0 N–H and O–H groups in total. The smallest absolute Gasteiger partial charge is 0.0656 e. The Hall–Kier alpha value is -1.90. The van der Waals surface area contributed by atoms with Gasteiger partial charge in [-0.2, -0.15) is 10.5 Å². The fourth-order valence-electron chi connectivity index (χ4n) is 1.75. The molecule has 0 aliphatic heterocycles. The van der Waals surface area contributed by atoms with Gasteiger partial charge in [0.2, 0.25) is 0 Å². The molecule has 0 bridgehead atoms. The van der Waals surface area contributed by atoms with Crippen molar-refractivity contribution in [2.75, 3.05) is 0 Å². The van der Waals surface area contributed by atoms with Crippen molar-refractivity contribution in [1.29, 1.82) is 10.5 Å². The van der Waals surface area contributed by atoms with Gasteiger partial charge in [-0.15, -0.1) is 24.7 Å². The van der Waals surface area contributed by atoms with Gasteiger partial charge in [-0.3, -0.25) is 0 Å². The second kappa shape index (κ2) is 8.28. The molecule has 4 atom stereocenters. The molecule has 0 saturated carbocycles. The summed E-state index contributed by atoms with van der Waals surface area (Å²) in [6.07, 6.45) is 12.7. The van der Waals surface area contributed by atoms with Gasteiger partial charge >= 0.3 is 0 Å². The van der Waals surface area contributed by atoms with Crippen LogP contribution in [0.4, 0.5) is 0 Å². The number of nitrogens with zero attached hydrogens (tertiary/aromatic N) is 2. The number of terminal acetylenes is 2. The number of hydrogen-bond acceptors (Lipinski definition) is 2. The fourth-order valence-corrected chi connectivity index (χ4v) is 1.75. The average molecular weight is 226 g/mol. The summed E-state index contributed by atoms with van der Waals surface area (Å²) in [4.78, 5) is 0. The third-order valence-electron chi connectivity index (χ3n) is 2.77. The van der Waals surface area contributed by atoms with Crippen LogP contribution in [0.3, 0.4) is 0 Å². The summed E-state index contributed by atoms with van der Waals surface area (Å²) in [6, 6.07) is 4.36. The number of nitriles is 2. The lowest BCUT2D eigenvalue weighted by Gasteiger charge is -2.16. The third kappa shape index (κ3) is 6.30. The van der Waals surface area contributed by atoms with E-state index in [1.165, 1.54) is 0 Å². The number of rotatable bonds is 6. The minimum Gasteiger partial charge on any atom is -0.198 e. The van der Waals surface area contributed by atoms with Crippen molar-refractivity contribution in [3.8, 4) is 36.8 Å². The van der Waals surface area contributed by atoms with Gasteiger partial charge in [-0.05, 0) is 26.2 Å². The van der Waals surface area contributed by atoms with Gasteiger partial charge in [0.1, 0.15) is 0 Å². The zero-order chi connectivity index (χ0) is 13.3. The van der Waals surface area contributed by atoms with E-state index in [9.17, 15) is 0 Å². The molecular formula is C15H18N2. The van der Waals surface area contributed by atoms with Gasteiger partial charge in [0, 0.05) is 23.7 Å². The second-order valence-electron chi connectivity index (χ2n) is 4.49. The van der Waals surface area contributed by atoms with Crippen molar-refractivity contribution in [2.45, 2.75) is 33.1 Å². The lowest BCUT2D eigenvalue weighted by Crippen LogP contribution is -2.11. The van der Waals surface area contributed by atoms with E-state index in [0.29, 0.717) is 12.8 Å². The van der Waals surface area contributed by atoms with Crippen molar-refractivity contribution in [3.05, 3.63) is 0 Å². The van der Waals surface area contributed by atoms with Gasteiger partial charge < -0.3 is 0 Å². The van der Waals surface area contributed by atoms with Gasteiger partial charge in [-0.25, -0.2) is 0 Å². The molecule has 2 nitrogen and oxygen atoms in total. The highest BCUT2D eigenvalue weighted by Gasteiger charge is 2.18. The zero-order valence-corrected chi connectivity index (χ0v) is 10.5. The standard InChI is InChI=1S/C15H18N2/c1-5-12(3)7-14(6-2)9-15(11-17)8-13(4)10-16/h1-2,12-15H,7-9H2,3-4H3. The molecule has 17 heavy (non-hydrogen) atoms. The van der Waals surface area contributed by atoms with Crippen molar-refractivity contribution >= 4 is 0 Å². The minimum absolute atomic E-state index is 0.0246. The summed E-state index contributed by atoms with van der Waals surface area (Å²) in [5.41, 5.74) is 0. The molecule has 0 radical (unpaired) electrons. The maximum atomic E-state index is 9.04. The molecule has 0 amide bonds. The van der Waals surface area contributed by atoms with Crippen LogP contribution in [0.5, 0.6) is 0 Å². The summed E-state index contributed by atoms with van der Waals surface area (Å²) in [7, 11) is 0. The summed E-state index contributed by atoms with van der Waals surface area (Å²) < 4.78 is 0. The summed E-state index contributed by atoms with van der Waals surface area (Å²) in [5.74, 6) is 5.22. The molecule has 0 aliphatic carbocycles. The van der Waals surface area contributed by atoms with Crippen LogP contribution in [0.1, 0.15) is 33.1 Å². The second-order valence-corrected chi connectivity index (χ2v) is 4.49. The molecule has 0 spiro atoms. The Kier molecular flexibility index (Phi) is 7.35. The van der Waals surface area contributed by atoms with Gasteiger partial charge in [0.25, 0.3) is 0 Å². The molecule has 0 aromatic heterocycles. The molecule has 4 unspecified atom stereocenters. The maximum absolute atomic E-state index is 9.04. The predicted octanol–water partition coefficient (Wildman–Crippen LogP) is 2.97. The molecule has 0 rings (SSSR count). The van der Waals surface area contributed by atoms with Crippen molar-refractivity contribution in [1.82, 2.24) is 0 Å². The van der Waals surface area contributed by atoms with E-state index in [1.807, 2.05) is 13.8 Å². The first-order valence-corrected chi connectivity index (χ1v) is 5.78. The molecule has 0 aliphatic rings. The summed E-state index contributed by atoms with van der Waals surface area (Å²) in [5, 5.41) is 17.8. The van der Waals surface area contributed by atoms with E-state index in [-0.39, 0.29) is 23.7 Å². The highest BCUT2D eigenvalue weighted by atomic mass is 14.3. The monoisotopic (exact) mass is 226 g/mol. The molecule has 0 saturated heterocycles. The first-order chi connectivity index (χ1) is 8.07. The van der Waals surface area contributed by atoms with Gasteiger partial charge in [0.05, 0.1) is 12.1 Å². The predicted molar refractivity (Wildman–Crippen MR) is 68.1 cm³/mol. The molecule has 0 fully saturated rings. The van der Waals surface area contributed by atoms with E-state index < -0.39 is 0 Å². The Balaban J connectivity index is 4.36. The van der Waals surface area contributed by atoms with Crippen molar-refractivity contribution < 1.29 is 0 Å². The zero-order valence-electron chi connectivity index (χ0n) is 10.5. The Morgan fingerprint density at radius 3 is 1.82 bits per heavy atom. The van der Waals surface area contributed by atoms with Crippen LogP contribution in [0.2, 0.25) is 0 Å². The SMILES string of the molecule is C#CC(C)CC(C#C)CC(C#N)CC(C)C#N. The molecule has 0 aromatic carbocycles. The van der Waals surface area contributed by atoms with Crippen LogP contribution >= 0.6 is 0 Å². The first-order valence-electron chi connectivity index (χ1n) is 5.78. The lowest BCUT2D eigenvalue weighted by molar-refractivity contribution is 0.407. The maximum Gasteiger partial charge on any atom is 0.0656 e. The Labute approximate surface area is 105 Å². The highest BCUT2D eigenvalue weighted by Crippen LogP contribution is 2.23. The van der Waals surface area contributed by atoms with E-state index in [1.54, 1.807) is 0 Å². The first kappa shape index (κ1) is 15.1. The molecule has 2 heteroatoms. The lowest BCUT2D eigenvalue weighted by atomic mass is 9.85. The quantitative estimate of drug-likeness (QED) is 0.654. The third-order valence-corrected chi connectivity index (χ3v) is 2.77. The molecule has 88 valence electrons. The van der Waals surface area contributed by atoms with Crippen molar-refractivity contribution in [2.24, 2.45) is 23.7 Å². The Bertz CT molecular complexity index is 345. The molecule has 0 aromatic rings. The average Bonchev–Trinajstić information content (AvgIpc) is 2.36. The van der Waals surface area contributed by atoms with E-state index >= 15 is 0 Å². The normalized spacial score (nSPS) is 16.4. The van der Waals surface area contributed by atoms with Crippen LogP contribution in [-0.4, -0.2) is 0 Å². The Morgan fingerprint density at radius 1 is 0.824 bits per heavy atom. The molecular weight excluding hydrogens is 208 g/mol. The van der Waals surface area contributed by atoms with Crippen LogP contribution < -0.4 is 0 Å². The molecule has 0 heterocycles. The minimum atomic E-state index is -0.157. The van der Waals surface area contributed by atoms with E-state index in [0.717, 1.165) is 6.42 Å². The summed E-state index contributed by atoms with van der Waals surface area (Å²) >= 11 is 0. The topological polar surface area (TPSA) is 47.6 Å². The van der Waals surface area contributed by atoms with E-state index in [2.05, 4.69) is 24.0 Å². The van der Waals surface area contributed by atoms with Crippen LogP contribution in [0.25, 0.3) is 0 Å². The van der Waals surface area contributed by atoms with E-state index in [4.69, 9.17) is 23.4 Å². The van der Waals surface area contributed by atoms with Crippen LogP contribution in [0, 0.1) is 71.0 Å². The van der Waals surface area contributed by atoms with Crippen LogP contribution in [0.15, 0.2) is 0 Å². The number of hydrogen-bond donors (Lipinski definition) is 0. The highest BCUT2D eigenvalue weighted by molar-refractivity contribution is 5.02. The van der Waals surface area contributed by atoms with Gasteiger partial charge in [-0.1, -0.05) is 6.92 Å².